The minimum Gasteiger partial charge on any atom is -0.381 e. The van der Waals surface area contributed by atoms with E-state index in [-0.39, 0.29) is 4.75 Å². The van der Waals surface area contributed by atoms with Crippen LogP contribution in [0.15, 0.2) is 4.99 Å². The van der Waals surface area contributed by atoms with Crippen molar-refractivity contribution >= 4 is 17.7 Å². The maximum absolute atomic E-state index is 5.53. The summed E-state index contributed by atoms with van der Waals surface area (Å²) < 4.78 is 5.81. The summed E-state index contributed by atoms with van der Waals surface area (Å²) in [5, 5.41) is 6.85. The van der Waals surface area contributed by atoms with Crippen LogP contribution in [0.5, 0.6) is 0 Å². The van der Waals surface area contributed by atoms with Crippen LogP contribution in [0.4, 0.5) is 0 Å². The highest BCUT2D eigenvalue weighted by Crippen LogP contribution is 2.35. The molecule has 0 spiro atoms. The molecular weight excluding hydrogens is 294 g/mol. The van der Waals surface area contributed by atoms with Crippen LogP contribution >= 0.6 is 11.8 Å². The lowest BCUT2D eigenvalue weighted by Crippen LogP contribution is -2.41. The summed E-state index contributed by atoms with van der Waals surface area (Å²) >= 11 is 2.05. The van der Waals surface area contributed by atoms with Gasteiger partial charge in [0.2, 0.25) is 0 Å². The van der Waals surface area contributed by atoms with Crippen LogP contribution in [-0.2, 0) is 4.74 Å². The summed E-state index contributed by atoms with van der Waals surface area (Å²) in [5.74, 6) is 2.12. The fraction of sp³-hybridized carbons (Fsp3) is 0.941. The number of hydrogen-bond donors (Lipinski definition) is 2. The third-order valence-corrected chi connectivity index (χ3v) is 5.49. The quantitative estimate of drug-likeness (QED) is 0.366. The van der Waals surface area contributed by atoms with E-state index in [0.717, 1.165) is 57.4 Å². The van der Waals surface area contributed by atoms with Gasteiger partial charge in [-0.3, -0.25) is 4.99 Å². The molecular formula is C17H35N3OS. The second kappa shape index (κ2) is 12.1. The molecule has 130 valence electrons. The molecule has 0 saturated carbocycles. The van der Waals surface area contributed by atoms with Gasteiger partial charge >= 0.3 is 0 Å². The molecule has 1 rings (SSSR count). The standard InChI is InChI=1S/C17H35N3OS/c1-4-7-8-9-12-19-16(18-5-2)20-15-17(22-6-3)10-13-21-14-11-17/h4-15H2,1-3H3,(H2,18,19,20). The molecule has 0 aliphatic carbocycles. The molecule has 1 heterocycles. The Kier molecular flexibility index (Phi) is 10.8. The summed E-state index contributed by atoms with van der Waals surface area (Å²) in [5.41, 5.74) is 0. The monoisotopic (exact) mass is 329 g/mol. The lowest BCUT2D eigenvalue weighted by molar-refractivity contribution is 0.0793. The van der Waals surface area contributed by atoms with E-state index >= 15 is 0 Å². The molecule has 5 heteroatoms. The van der Waals surface area contributed by atoms with Crippen LogP contribution in [0.3, 0.4) is 0 Å². The number of nitrogens with zero attached hydrogens (tertiary/aromatic N) is 1. The fourth-order valence-corrected chi connectivity index (χ4v) is 3.94. The summed E-state index contributed by atoms with van der Waals surface area (Å²) in [4.78, 5) is 4.86. The Morgan fingerprint density at radius 1 is 1.09 bits per heavy atom. The molecule has 0 atom stereocenters. The molecule has 1 aliphatic rings. The van der Waals surface area contributed by atoms with Gasteiger partial charge in [-0.1, -0.05) is 33.1 Å². The summed E-state index contributed by atoms with van der Waals surface area (Å²) in [6, 6.07) is 0. The van der Waals surface area contributed by atoms with Crippen molar-refractivity contribution in [3.63, 3.8) is 0 Å². The maximum atomic E-state index is 5.53. The molecule has 1 aliphatic heterocycles. The molecule has 0 unspecified atom stereocenters. The van der Waals surface area contributed by atoms with Crippen molar-refractivity contribution in [2.75, 3.05) is 38.6 Å². The predicted octanol–water partition coefficient (Wildman–Crippen LogP) is 3.42. The Morgan fingerprint density at radius 2 is 1.86 bits per heavy atom. The van der Waals surface area contributed by atoms with Crippen molar-refractivity contribution in [2.45, 2.75) is 64.0 Å². The van der Waals surface area contributed by atoms with Crippen LogP contribution in [0.1, 0.15) is 59.3 Å². The van der Waals surface area contributed by atoms with Crippen molar-refractivity contribution in [1.29, 1.82) is 0 Å². The van der Waals surface area contributed by atoms with Crippen LogP contribution < -0.4 is 10.6 Å². The van der Waals surface area contributed by atoms with E-state index < -0.39 is 0 Å². The molecule has 4 nitrogen and oxygen atoms in total. The van der Waals surface area contributed by atoms with Gasteiger partial charge in [-0.15, -0.1) is 0 Å². The molecule has 0 radical (unpaired) electrons. The smallest absolute Gasteiger partial charge is 0.191 e. The van der Waals surface area contributed by atoms with E-state index in [1.165, 1.54) is 25.7 Å². The Hall–Kier alpha value is -0.420. The lowest BCUT2D eigenvalue weighted by Gasteiger charge is -2.35. The minimum absolute atomic E-state index is 0.275. The molecule has 0 aromatic rings. The topological polar surface area (TPSA) is 45.7 Å². The summed E-state index contributed by atoms with van der Waals surface area (Å²) in [6.07, 6.45) is 7.37. The average molecular weight is 330 g/mol. The molecule has 1 fully saturated rings. The van der Waals surface area contributed by atoms with Gasteiger partial charge in [0, 0.05) is 31.1 Å². The minimum atomic E-state index is 0.275. The number of hydrogen-bond acceptors (Lipinski definition) is 3. The first-order valence-corrected chi connectivity index (χ1v) is 9.98. The van der Waals surface area contributed by atoms with Gasteiger partial charge < -0.3 is 15.4 Å². The maximum Gasteiger partial charge on any atom is 0.191 e. The van der Waals surface area contributed by atoms with Gasteiger partial charge in [0.05, 0.1) is 6.54 Å². The van der Waals surface area contributed by atoms with Gasteiger partial charge in [0.15, 0.2) is 5.96 Å². The number of thioether (sulfide) groups is 1. The number of nitrogens with one attached hydrogen (secondary N) is 2. The Balaban J connectivity index is 2.47. The highest BCUT2D eigenvalue weighted by Gasteiger charge is 2.32. The van der Waals surface area contributed by atoms with Crippen molar-refractivity contribution in [3.8, 4) is 0 Å². The number of rotatable bonds is 10. The van der Waals surface area contributed by atoms with Crippen molar-refractivity contribution in [2.24, 2.45) is 4.99 Å². The summed E-state index contributed by atoms with van der Waals surface area (Å²) in [7, 11) is 0. The summed E-state index contributed by atoms with van der Waals surface area (Å²) in [6.45, 7) is 11.2. The van der Waals surface area contributed by atoms with Crippen molar-refractivity contribution in [3.05, 3.63) is 0 Å². The van der Waals surface area contributed by atoms with Crippen LogP contribution in [0.25, 0.3) is 0 Å². The third kappa shape index (κ3) is 7.73. The zero-order valence-corrected chi connectivity index (χ0v) is 15.6. The van der Waals surface area contributed by atoms with E-state index in [1.807, 2.05) is 0 Å². The van der Waals surface area contributed by atoms with E-state index in [1.54, 1.807) is 0 Å². The first-order valence-electron chi connectivity index (χ1n) is 9.00. The highest BCUT2D eigenvalue weighted by atomic mass is 32.2. The zero-order valence-electron chi connectivity index (χ0n) is 14.7. The van der Waals surface area contributed by atoms with Crippen LogP contribution in [0.2, 0.25) is 0 Å². The van der Waals surface area contributed by atoms with Crippen molar-refractivity contribution < 1.29 is 4.74 Å². The normalized spacial score (nSPS) is 18.2. The number of guanidine groups is 1. The van der Waals surface area contributed by atoms with Gasteiger partial charge in [-0.25, -0.2) is 0 Å². The van der Waals surface area contributed by atoms with E-state index in [0.29, 0.717) is 0 Å². The van der Waals surface area contributed by atoms with Gasteiger partial charge in [0.25, 0.3) is 0 Å². The first-order chi connectivity index (χ1) is 10.8. The third-order valence-electron chi connectivity index (χ3n) is 4.05. The Labute approximate surface area is 141 Å². The number of ether oxygens (including phenoxy) is 1. The molecule has 0 amide bonds. The molecule has 0 bridgehead atoms. The highest BCUT2D eigenvalue weighted by molar-refractivity contribution is 8.00. The SMILES string of the molecule is CCCCCCNC(=NCC1(SCC)CCOCC1)NCC. The fourth-order valence-electron chi connectivity index (χ4n) is 2.72. The predicted molar refractivity (Wildman–Crippen MR) is 99.0 cm³/mol. The number of unbranched alkanes of at least 4 members (excludes halogenated alkanes) is 3. The molecule has 1 saturated heterocycles. The second-order valence-corrected chi connectivity index (χ2v) is 7.64. The first kappa shape index (κ1) is 19.6. The van der Waals surface area contributed by atoms with Crippen LogP contribution in [-0.4, -0.2) is 49.3 Å². The molecule has 0 aromatic heterocycles. The Bertz CT molecular complexity index is 299. The zero-order chi connectivity index (χ0) is 16.1. The van der Waals surface area contributed by atoms with Crippen LogP contribution in [0, 0.1) is 0 Å². The number of aliphatic imine (C=N–C) groups is 1. The van der Waals surface area contributed by atoms with E-state index in [4.69, 9.17) is 9.73 Å². The van der Waals surface area contributed by atoms with Crippen molar-refractivity contribution in [1.82, 2.24) is 10.6 Å². The van der Waals surface area contributed by atoms with E-state index in [2.05, 4.69) is 43.2 Å². The van der Waals surface area contributed by atoms with Gasteiger partial charge in [0.1, 0.15) is 0 Å². The van der Waals surface area contributed by atoms with Gasteiger partial charge in [-0.2, -0.15) is 11.8 Å². The van der Waals surface area contributed by atoms with E-state index in [9.17, 15) is 0 Å². The molecule has 2 N–H and O–H groups in total. The second-order valence-electron chi connectivity index (χ2n) is 5.91. The largest absolute Gasteiger partial charge is 0.381 e. The molecule has 0 aromatic carbocycles. The molecule has 22 heavy (non-hydrogen) atoms. The average Bonchev–Trinajstić information content (AvgIpc) is 2.53. The van der Waals surface area contributed by atoms with Gasteiger partial charge in [-0.05, 0) is 31.9 Å². The lowest BCUT2D eigenvalue weighted by atomic mass is 9.99. The Morgan fingerprint density at radius 3 is 2.50 bits per heavy atom.